The topological polar surface area (TPSA) is 46.1 Å². The Morgan fingerprint density at radius 2 is 1.88 bits per heavy atom. The normalized spacial score (nSPS) is 11.6. The number of hydrogen-bond acceptors (Lipinski definition) is 3. The molecule has 5 nitrogen and oxygen atoms in total. The van der Waals surface area contributed by atoms with Crippen LogP contribution in [0, 0.1) is 0 Å². The molecule has 26 heavy (non-hydrogen) atoms. The van der Waals surface area contributed by atoms with Gasteiger partial charge in [0.25, 0.3) is 0 Å². The minimum Gasteiger partial charge on any atom is -0.497 e. The van der Waals surface area contributed by atoms with Gasteiger partial charge in [-0.05, 0) is 25.0 Å². The predicted octanol–water partition coefficient (Wildman–Crippen LogP) is 4.06. The number of guanidine groups is 1. The second-order valence-corrected chi connectivity index (χ2v) is 5.58. The molecule has 1 aromatic carbocycles. The lowest BCUT2D eigenvalue weighted by molar-refractivity contribution is -0.135. The lowest BCUT2D eigenvalue weighted by atomic mass is 10.2. The second kappa shape index (κ2) is 12.1. The molecule has 1 N–H and O–H groups in total. The van der Waals surface area contributed by atoms with Crippen molar-refractivity contribution in [3.05, 3.63) is 23.8 Å². The number of unbranched alkanes of at least 4 members (excludes halogenated alkanes) is 1. The summed E-state index contributed by atoms with van der Waals surface area (Å²) in [5.41, 5.74) is 0.950. The third kappa shape index (κ3) is 8.81. The Morgan fingerprint density at radius 3 is 2.42 bits per heavy atom. The Hall–Kier alpha value is -1.39. The van der Waals surface area contributed by atoms with E-state index in [2.05, 4.69) is 10.3 Å². The SMILES string of the molecule is CN=C(NCCCCC(F)(F)F)N(C)Cc1ccc(OC)cc1OC.I. The summed E-state index contributed by atoms with van der Waals surface area (Å²) in [6.45, 7) is 0.974. The molecule has 0 atom stereocenters. The van der Waals surface area contributed by atoms with Crippen LogP contribution in [-0.2, 0) is 6.54 Å². The predicted molar refractivity (Wildman–Crippen MR) is 108 cm³/mol. The first kappa shape index (κ1) is 24.6. The largest absolute Gasteiger partial charge is 0.497 e. The number of ether oxygens (including phenoxy) is 2. The summed E-state index contributed by atoms with van der Waals surface area (Å²) in [6.07, 6.45) is -4.32. The number of methoxy groups -OCH3 is 2. The molecule has 1 rings (SSSR count). The Kier molecular flexibility index (Phi) is 11.4. The molecule has 1 aromatic rings. The molecule has 150 valence electrons. The molecule has 0 amide bonds. The van der Waals surface area contributed by atoms with Crippen LogP contribution in [0.3, 0.4) is 0 Å². The van der Waals surface area contributed by atoms with E-state index in [0.717, 1.165) is 5.56 Å². The highest BCUT2D eigenvalue weighted by Crippen LogP contribution is 2.25. The molecule has 0 heterocycles. The molecule has 0 aliphatic carbocycles. The fraction of sp³-hybridized carbons (Fsp3) is 0.588. The molecular weight excluding hydrogens is 462 g/mol. The van der Waals surface area contributed by atoms with E-state index in [1.165, 1.54) is 0 Å². The number of benzene rings is 1. The molecule has 0 unspecified atom stereocenters. The average Bonchev–Trinajstić information content (AvgIpc) is 2.57. The average molecular weight is 489 g/mol. The number of hydrogen-bond donors (Lipinski definition) is 1. The summed E-state index contributed by atoms with van der Waals surface area (Å²) in [5, 5.41) is 3.08. The minimum absolute atomic E-state index is 0. The van der Waals surface area contributed by atoms with E-state index < -0.39 is 12.6 Å². The summed E-state index contributed by atoms with van der Waals surface area (Å²) < 4.78 is 46.9. The van der Waals surface area contributed by atoms with Gasteiger partial charge in [0, 0.05) is 45.2 Å². The van der Waals surface area contributed by atoms with Crippen molar-refractivity contribution in [2.24, 2.45) is 4.99 Å². The van der Waals surface area contributed by atoms with E-state index in [1.54, 1.807) is 27.3 Å². The number of alkyl halides is 3. The molecule has 0 bridgehead atoms. The highest BCUT2D eigenvalue weighted by Gasteiger charge is 2.25. The number of halogens is 4. The van der Waals surface area contributed by atoms with Gasteiger partial charge in [-0.25, -0.2) is 0 Å². The van der Waals surface area contributed by atoms with Crippen LogP contribution in [0.1, 0.15) is 24.8 Å². The van der Waals surface area contributed by atoms with Crippen molar-refractivity contribution in [1.29, 1.82) is 0 Å². The van der Waals surface area contributed by atoms with Crippen molar-refractivity contribution in [3.63, 3.8) is 0 Å². The first-order chi connectivity index (χ1) is 11.8. The van der Waals surface area contributed by atoms with Gasteiger partial charge in [-0.2, -0.15) is 13.2 Å². The van der Waals surface area contributed by atoms with Crippen LogP contribution >= 0.6 is 24.0 Å². The molecule has 0 saturated carbocycles. The van der Waals surface area contributed by atoms with E-state index in [9.17, 15) is 13.2 Å². The Balaban J connectivity index is 0.00000625. The summed E-state index contributed by atoms with van der Waals surface area (Å²) in [5.74, 6) is 2.02. The van der Waals surface area contributed by atoms with Crippen LogP contribution in [0.2, 0.25) is 0 Å². The smallest absolute Gasteiger partial charge is 0.389 e. The van der Waals surface area contributed by atoms with E-state index >= 15 is 0 Å². The van der Waals surface area contributed by atoms with Gasteiger partial charge in [-0.15, -0.1) is 24.0 Å². The van der Waals surface area contributed by atoms with Gasteiger partial charge in [0.15, 0.2) is 5.96 Å². The number of rotatable bonds is 8. The number of nitrogens with one attached hydrogen (secondary N) is 1. The number of nitrogens with zero attached hydrogens (tertiary/aromatic N) is 2. The monoisotopic (exact) mass is 489 g/mol. The van der Waals surface area contributed by atoms with Gasteiger partial charge in [0.2, 0.25) is 0 Å². The first-order valence-corrected chi connectivity index (χ1v) is 8.00. The molecule has 0 radical (unpaired) electrons. The van der Waals surface area contributed by atoms with Crippen LogP contribution in [0.15, 0.2) is 23.2 Å². The summed E-state index contributed by atoms with van der Waals surface area (Å²) >= 11 is 0. The molecule has 0 aromatic heterocycles. The first-order valence-electron chi connectivity index (χ1n) is 8.00. The molecule has 0 fully saturated rings. The quantitative estimate of drug-likeness (QED) is 0.259. The maximum atomic E-state index is 12.1. The lowest BCUT2D eigenvalue weighted by Crippen LogP contribution is -2.39. The van der Waals surface area contributed by atoms with E-state index in [0.29, 0.717) is 37.0 Å². The van der Waals surface area contributed by atoms with Gasteiger partial charge in [-0.3, -0.25) is 4.99 Å². The van der Waals surface area contributed by atoms with Crippen LogP contribution in [0.25, 0.3) is 0 Å². The van der Waals surface area contributed by atoms with E-state index in [4.69, 9.17) is 9.47 Å². The third-order valence-corrected chi connectivity index (χ3v) is 3.65. The van der Waals surface area contributed by atoms with Gasteiger partial charge >= 0.3 is 6.18 Å². The molecule has 0 aliphatic heterocycles. The molecule has 0 aliphatic rings. The maximum Gasteiger partial charge on any atom is 0.389 e. The van der Waals surface area contributed by atoms with Crippen molar-refractivity contribution < 1.29 is 22.6 Å². The summed E-state index contributed by atoms with van der Waals surface area (Å²) in [6, 6.07) is 5.56. The maximum absolute atomic E-state index is 12.1. The molecule has 0 spiro atoms. The zero-order valence-corrected chi connectivity index (χ0v) is 17.9. The van der Waals surface area contributed by atoms with Crippen LogP contribution in [0.4, 0.5) is 13.2 Å². The Morgan fingerprint density at radius 1 is 1.19 bits per heavy atom. The second-order valence-electron chi connectivity index (χ2n) is 5.58. The van der Waals surface area contributed by atoms with E-state index in [-0.39, 0.29) is 30.4 Å². The summed E-state index contributed by atoms with van der Waals surface area (Å²) in [4.78, 5) is 6.05. The van der Waals surface area contributed by atoms with Crippen LogP contribution < -0.4 is 14.8 Å². The standard InChI is InChI=1S/C17H26F3N3O2.HI/c1-21-16(22-10-6-5-9-17(18,19)20)23(2)12-13-7-8-14(24-3)11-15(13)25-4;/h7-8,11H,5-6,9-10,12H2,1-4H3,(H,21,22);1H. The van der Waals surface area contributed by atoms with Crippen molar-refractivity contribution in [3.8, 4) is 11.5 Å². The van der Waals surface area contributed by atoms with Crippen LogP contribution in [0.5, 0.6) is 11.5 Å². The van der Waals surface area contributed by atoms with Crippen molar-refractivity contribution in [2.75, 3.05) is 34.9 Å². The van der Waals surface area contributed by atoms with Gasteiger partial charge in [0.05, 0.1) is 14.2 Å². The Labute approximate surface area is 170 Å². The molecule has 0 saturated heterocycles. The Bertz CT molecular complexity index is 569. The third-order valence-electron chi connectivity index (χ3n) is 3.65. The highest BCUT2D eigenvalue weighted by atomic mass is 127. The highest BCUT2D eigenvalue weighted by molar-refractivity contribution is 14.0. The minimum atomic E-state index is -4.09. The zero-order valence-electron chi connectivity index (χ0n) is 15.5. The van der Waals surface area contributed by atoms with Crippen LogP contribution in [-0.4, -0.2) is 51.9 Å². The van der Waals surface area contributed by atoms with E-state index in [1.807, 2.05) is 24.1 Å². The number of aliphatic imine (C=N–C) groups is 1. The van der Waals surface area contributed by atoms with Gasteiger partial charge in [-0.1, -0.05) is 0 Å². The zero-order chi connectivity index (χ0) is 18.9. The summed E-state index contributed by atoms with van der Waals surface area (Å²) in [7, 11) is 6.67. The fourth-order valence-electron chi connectivity index (χ4n) is 2.35. The van der Waals surface area contributed by atoms with Crippen molar-refractivity contribution >= 4 is 29.9 Å². The van der Waals surface area contributed by atoms with Gasteiger partial charge in [0.1, 0.15) is 11.5 Å². The van der Waals surface area contributed by atoms with Crippen molar-refractivity contribution in [1.82, 2.24) is 10.2 Å². The van der Waals surface area contributed by atoms with Gasteiger partial charge < -0.3 is 19.7 Å². The van der Waals surface area contributed by atoms with Crippen molar-refractivity contribution in [2.45, 2.75) is 32.0 Å². The lowest BCUT2D eigenvalue weighted by Gasteiger charge is -2.23. The molecule has 9 heteroatoms. The molecular formula is C17H27F3IN3O2. The fourth-order valence-corrected chi connectivity index (χ4v) is 2.35.